The number of allylic oxidation sites excluding steroid dienone is 6. The van der Waals surface area contributed by atoms with Crippen LogP contribution in [-0.2, 0) is 5.41 Å². The summed E-state index contributed by atoms with van der Waals surface area (Å²) in [6.07, 6.45) is 16.8. The summed E-state index contributed by atoms with van der Waals surface area (Å²) in [6, 6.07) is 74.6. The number of anilines is 5. The van der Waals surface area contributed by atoms with Crippen LogP contribution in [-0.4, -0.2) is 0 Å². The van der Waals surface area contributed by atoms with E-state index >= 15 is 0 Å². The van der Waals surface area contributed by atoms with Gasteiger partial charge in [0.2, 0.25) is 0 Å². The SMILES string of the molecule is CC1(C)c2ccccc2-c2ccc(N3C4=C(C=Cc5cc(-c6ccccc6)ccc53)[C@@H]3C=C(c5ccc6c(c5)C=Cc5ccccc5N6c5cccc(-c6ccc7sc8ccccc8c7c6)c5)C3C=C4)cc21. The number of para-hydroxylation sites is 1. The molecule has 0 spiro atoms. The molecular weight excluding hydrogens is 889 g/mol. The first-order valence-electron chi connectivity index (χ1n) is 25.2. The lowest BCUT2D eigenvalue weighted by molar-refractivity contribution is 0.597. The van der Waals surface area contributed by atoms with Gasteiger partial charge in [0.15, 0.2) is 0 Å². The number of hydrogen-bond donors (Lipinski definition) is 0. The predicted octanol–water partition coefficient (Wildman–Crippen LogP) is 19.0. The summed E-state index contributed by atoms with van der Waals surface area (Å²) >= 11 is 1.87. The highest BCUT2D eigenvalue weighted by molar-refractivity contribution is 7.25. The van der Waals surface area contributed by atoms with Gasteiger partial charge in [-0.05, 0) is 157 Å². The molecule has 72 heavy (non-hydrogen) atoms. The molecule has 5 aliphatic rings. The molecule has 15 rings (SSSR count). The van der Waals surface area contributed by atoms with Crippen molar-refractivity contribution in [2.75, 3.05) is 9.80 Å². The molecule has 0 saturated heterocycles. The van der Waals surface area contributed by atoms with E-state index in [4.69, 9.17) is 0 Å². The molecule has 2 nitrogen and oxygen atoms in total. The maximum Gasteiger partial charge on any atom is 0.0534 e. The molecule has 1 aromatic heterocycles. The van der Waals surface area contributed by atoms with Crippen LogP contribution in [0.15, 0.2) is 236 Å². The summed E-state index contributed by atoms with van der Waals surface area (Å²) < 4.78 is 2.65. The largest absolute Gasteiger partial charge is 0.310 e. The number of thiophene rings is 1. The number of benzene rings is 9. The van der Waals surface area contributed by atoms with E-state index in [9.17, 15) is 0 Å². The first-order valence-corrected chi connectivity index (χ1v) is 26.0. The van der Waals surface area contributed by atoms with Crippen LogP contribution < -0.4 is 9.80 Å². The van der Waals surface area contributed by atoms with Crippen molar-refractivity contribution in [2.45, 2.75) is 19.3 Å². The van der Waals surface area contributed by atoms with E-state index in [1.807, 2.05) is 11.3 Å². The molecule has 3 heterocycles. The van der Waals surface area contributed by atoms with Crippen molar-refractivity contribution in [2.24, 2.45) is 11.8 Å². The van der Waals surface area contributed by atoms with Gasteiger partial charge in [0.25, 0.3) is 0 Å². The van der Waals surface area contributed by atoms with Crippen molar-refractivity contribution in [3.8, 4) is 33.4 Å². The second kappa shape index (κ2) is 15.8. The van der Waals surface area contributed by atoms with Gasteiger partial charge in [0.05, 0.1) is 17.1 Å². The van der Waals surface area contributed by atoms with Crippen LogP contribution in [0.1, 0.15) is 47.2 Å². The second-order valence-electron chi connectivity index (χ2n) is 20.4. The van der Waals surface area contributed by atoms with Gasteiger partial charge in [-0.15, -0.1) is 11.3 Å². The topological polar surface area (TPSA) is 6.48 Å². The fourth-order valence-electron chi connectivity index (χ4n) is 12.5. The fourth-order valence-corrected chi connectivity index (χ4v) is 13.6. The highest BCUT2D eigenvalue weighted by atomic mass is 32.1. The van der Waals surface area contributed by atoms with E-state index in [1.165, 1.54) is 127 Å². The van der Waals surface area contributed by atoms with Crippen molar-refractivity contribution >= 4 is 83.7 Å². The average molecular weight is 937 g/mol. The van der Waals surface area contributed by atoms with Crippen molar-refractivity contribution < 1.29 is 0 Å². The number of rotatable bonds is 5. The molecule has 0 saturated carbocycles. The molecule has 1 unspecified atom stereocenters. The van der Waals surface area contributed by atoms with Crippen LogP contribution in [0.3, 0.4) is 0 Å². The van der Waals surface area contributed by atoms with E-state index in [1.54, 1.807) is 0 Å². The quantitative estimate of drug-likeness (QED) is 0.170. The van der Waals surface area contributed by atoms with Crippen LogP contribution in [0.2, 0.25) is 0 Å². The smallest absolute Gasteiger partial charge is 0.0534 e. The normalized spacial score (nSPS) is 17.5. The minimum Gasteiger partial charge on any atom is -0.310 e. The summed E-state index contributed by atoms with van der Waals surface area (Å²) in [5, 5.41) is 2.64. The van der Waals surface area contributed by atoms with Crippen LogP contribution in [0.4, 0.5) is 28.4 Å². The van der Waals surface area contributed by atoms with Gasteiger partial charge in [-0.2, -0.15) is 0 Å². The third-order valence-electron chi connectivity index (χ3n) is 16.1. The summed E-state index contributed by atoms with van der Waals surface area (Å²) in [5.74, 6) is 0.515. The van der Waals surface area contributed by atoms with Crippen molar-refractivity contribution in [3.63, 3.8) is 0 Å². The van der Waals surface area contributed by atoms with Crippen molar-refractivity contribution in [3.05, 3.63) is 269 Å². The second-order valence-corrected chi connectivity index (χ2v) is 21.5. The Morgan fingerprint density at radius 3 is 1.97 bits per heavy atom. The van der Waals surface area contributed by atoms with Crippen LogP contribution >= 0.6 is 11.3 Å². The van der Waals surface area contributed by atoms with Gasteiger partial charge in [0, 0.05) is 54.5 Å². The van der Waals surface area contributed by atoms with Gasteiger partial charge in [0.1, 0.15) is 0 Å². The molecule has 0 N–H and O–H groups in total. The summed E-state index contributed by atoms with van der Waals surface area (Å²) in [5.41, 5.74) is 25.0. The van der Waals surface area contributed by atoms with Crippen LogP contribution in [0, 0.1) is 11.8 Å². The lowest BCUT2D eigenvalue weighted by Gasteiger charge is -2.41. The molecular formula is C69H48N2S. The number of hydrogen-bond acceptors (Lipinski definition) is 3. The number of nitrogens with zero attached hydrogens (tertiary/aromatic N) is 2. The molecule has 3 heteroatoms. The van der Waals surface area contributed by atoms with E-state index in [-0.39, 0.29) is 17.3 Å². The maximum atomic E-state index is 2.54. The van der Waals surface area contributed by atoms with Gasteiger partial charge in [-0.3, -0.25) is 0 Å². The van der Waals surface area contributed by atoms with E-state index < -0.39 is 0 Å². The van der Waals surface area contributed by atoms with Crippen molar-refractivity contribution in [1.29, 1.82) is 0 Å². The highest BCUT2D eigenvalue weighted by Gasteiger charge is 2.40. The predicted molar refractivity (Wildman–Crippen MR) is 307 cm³/mol. The zero-order valence-corrected chi connectivity index (χ0v) is 40.9. The third kappa shape index (κ3) is 6.27. The molecule has 0 bridgehead atoms. The van der Waals surface area contributed by atoms with E-state index in [0.717, 1.165) is 5.69 Å². The fraction of sp³-hybridized carbons (Fsp3) is 0.0725. The summed E-state index contributed by atoms with van der Waals surface area (Å²) in [4.78, 5) is 4.99. The minimum absolute atomic E-state index is 0.106. The van der Waals surface area contributed by atoms with Crippen molar-refractivity contribution in [1.82, 2.24) is 0 Å². The lowest BCUT2D eigenvalue weighted by Crippen LogP contribution is -2.30. The van der Waals surface area contributed by atoms with Gasteiger partial charge in [-0.25, -0.2) is 0 Å². The van der Waals surface area contributed by atoms with Gasteiger partial charge < -0.3 is 9.80 Å². The molecule has 0 fully saturated rings. The summed E-state index contributed by atoms with van der Waals surface area (Å²) in [7, 11) is 0. The van der Waals surface area contributed by atoms with Crippen LogP contribution in [0.5, 0.6) is 0 Å². The zero-order valence-electron chi connectivity index (χ0n) is 40.1. The molecule has 10 aromatic rings. The molecule has 3 aliphatic carbocycles. The van der Waals surface area contributed by atoms with Gasteiger partial charge >= 0.3 is 0 Å². The molecule has 9 aromatic carbocycles. The average Bonchev–Trinajstić information content (AvgIpc) is 3.75. The molecule has 0 radical (unpaired) electrons. The lowest BCUT2D eigenvalue weighted by atomic mass is 9.65. The Morgan fingerprint density at radius 1 is 0.403 bits per heavy atom. The Bertz CT molecular complexity index is 4100. The third-order valence-corrected chi connectivity index (χ3v) is 17.3. The first kappa shape index (κ1) is 41.3. The first-order chi connectivity index (χ1) is 35.4. The van der Waals surface area contributed by atoms with E-state index in [2.05, 4.69) is 266 Å². The Balaban J connectivity index is 0.808. The Morgan fingerprint density at radius 2 is 1.06 bits per heavy atom. The number of fused-ring (bicyclic) bond motifs is 11. The zero-order chi connectivity index (χ0) is 47.7. The maximum absolute atomic E-state index is 2.54. The minimum atomic E-state index is -0.106. The standard InChI is InChI=1S/C69H48N2S/c1-69(2)61-20-9-7-18-54(61)55-31-29-52(41-62(55)69)71-65-33-26-46(43-13-4-3-5-14-43)37-50(65)25-30-56-59-42-58(53(59)32-35-66(56)71)48-27-34-64-49(38-48)24-23-44-15-6-10-21-63(44)70(64)51-17-12-16-45(39-51)47-28-36-68-60(40-47)57-19-8-11-22-67(57)72-68/h3-42,53,59H,1-2H3/t53?,59-/m1/s1. The van der Waals surface area contributed by atoms with Gasteiger partial charge in [-0.1, -0.05) is 178 Å². The monoisotopic (exact) mass is 936 g/mol. The Hall–Kier alpha value is -8.50. The molecule has 2 atom stereocenters. The molecule has 0 amide bonds. The summed E-state index contributed by atoms with van der Waals surface area (Å²) in [6.45, 7) is 4.76. The molecule has 2 aliphatic heterocycles. The highest BCUT2D eigenvalue weighted by Crippen LogP contribution is 2.55. The Kier molecular flexibility index (Phi) is 9.04. The van der Waals surface area contributed by atoms with Crippen LogP contribution in [0.25, 0.3) is 77.4 Å². The Labute approximate surface area is 424 Å². The molecule has 340 valence electrons. The van der Waals surface area contributed by atoms with E-state index in [0.29, 0.717) is 0 Å².